The highest BCUT2D eigenvalue weighted by Gasteiger charge is 2.26. The van der Waals surface area contributed by atoms with E-state index in [9.17, 15) is 8.42 Å². The summed E-state index contributed by atoms with van der Waals surface area (Å²) in [4.78, 5) is 11.8. The van der Waals surface area contributed by atoms with Gasteiger partial charge in [0, 0.05) is 55.6 Å². The molecule has 9 nitrogen and oxygen atoms in total. The zero-order chi connectivity index (χ0) is 25.1. The van der Waals surface area contributed by atoms with Crippen molar-refractivity contribution >= 4 is 32.6 Å². The van der Waals surface area contributed by atoms with E-state index in [1.165, 1.54) is 4.31 Å². The Morgan fingerprint density at radius 3 is 2.44 bits per heavy atom. The van der Waals surface area contributed by atoms with Crippen molar-refractivity contribution in [3.8, 4) is 5.75 Å². The predicted molar refractivity (Wildman–Crippen MR) is 139 cm³/mol. The fourth-order valence-electron chi connectivity index (χ4n) is 4.61. The zero-order valence-corrected chi connectivity index (χ0v) is 21.6. The minimum Gasteiger partial charge on any atom is -0.490 e. The summed E-state index contributed by atoms with van der Waals surface area (Å²) in [6.45, 7) is 8.16. The number of anilines is 2. The molecule has 0 amide bonds. The number of morpholine rings is 1. The summed E-state index contributed by atoms with van der Waals surface area (Å²) < 4.78 is 38.7. The molecule has 0 saturated carbocycles. The van der Waals surface area contributed by atoms with Crippen LogP contribution in [0, 0.1) is 0 Å². The molecule has 10 heteroatoms. The Bertz CT molecular complexity index is 1290. The SMILES string of the molecule is CC(C)N1CCC(Oc2ccc3cnc(Nc4ccc(S(=O)(=O)N5CCOCC5)cc4)nc3c2)CC1. The minimum absolute atomic E-state index is 0.212. The third kappa shape index (κ3) is 5.62. The van der Waals surface area contributed by atoms with Gasteiger partial charge in [-0.3, -0.25) is 0 Å². The number of fused-ring (bicyclic) bond motifs is 1. The number of likely N-dealkylation sites (tertiary alicyclic amines) is 1. The van der Waals surface area contributed by atoms with Gasteiger partial charge >= 0.3 is 0 Å². The number of sulfonamides is 1. The molecule has 1 N–H and O–H groups in total. The smallest absolute Gasteiger partial charge is 0.243 e. The molecule has 5 rings (SSSR count). The monoisotopic (exact) mass is 511 g/mol. The van der Waals surface area contributed by atoms with Crippen LogP contribution in [0.3, 0.4) is 0 Å². The predicted octanol–water partition coefficient (Wildman–Crippen LogP) is 3.65. The number of nitrogens with one attached hydrogen (secondary N) is 1. The molecule has 2 aliphatic heterocycles. The first-order valence-electron chi connectivity index (χ1n) is 12.5. The molecule has 3 aromatic rings. The minimum atomic E-state index is -3.53. The molecule has 2 aromatic carbocycles. The topological polar surface area (TPSA) is 96.9 Å². The molecular weight excluding hydrogens is 478 g/mol. The average molecular weight is 512 g/mol. The van der Waals surface area contributed by atoms with E-state index in [4.69, 9.17) is 9.47 Å². The molecular formula is C26H33N5O4S. The average Bonchev–Trinajstić information content (AvgIpc) is 2.90. The summed E-state index contributed by atoms with van der Waals surface area (Å²) in [7, 11) is -3.53. The molecule has 2 fully saturated rings. The van der Waals surface area contributed by atoms with Gasteiger partial charge in [0.2, 0.25) is 16.0 Å². The quantitative estimate of drug-likeness (QED) is 0.514. The molecule has 0 bridgehead atoms. The summed E-state index contributed by atoms with van der Waals surface area (Å²) in [6, 6.07) is 13.1. The van der Waals surface area contributed by atoms with Gasteiger partial charge in [0.15, 0.2) is 0 Å². The summed E-state index contributed by atoms with van der Waals surface area (Å²) in [5.74, 6) is 1.25. The number of nitrogens with zero attached hydrogens (tertiary/aromatic N) is 4. The lowest BCUT2D eigenvalue weighted by Gasteiger charge is -2.34. The number of ether oxygens (including phenoxy) is 2. The van der Waals surface area contributed by atoms with Crippen molar-refractivity contribution in [1.29, 1.82) is 0 Å². The third-order valence-corrected chi connectivity index (χ3v) is 8.69. The summed E-state index contributed by atoms with van der Waals surface area (Å²) in [5, 5.41) is 4.10. The lowest BCUT2D eigenvalue weighted by atomic mass is 10.1. The Morgan fingerprint density at radius 1 is 1.03 bits per heavy atom. The lowest BCUT2D eigenvalue weighted by Crippen LogP contribution is -2.41. The Hall–Kier alpha value is -2.79. The molecule has 3 heterocycles. The standard InChI is InChI=1S/C26H33N5O4S/c1-19(2)30-11-9-22(10-12-30)35-23-6-3-20-18-27-26(29-25(20)17-23)28-21-4-7-24(8-5-21)36(32,33)31-13-15-34-16-14-31/h3-8,17-19,22H,9-16H2,1-2H3,(H,27,28,29). The highest BCUT2D eigenvalue weighted by Crippen LogP contribution is 2.25. The molecule has 0 spiro atoms. The van der Waals surface area contributed by atoms with E-state index in [2.05, 4.69) is 34.0 Å². The Morgan fingerprint density at radius 2 is 1.75 bits per heavy atom. The second-order valence-corrected chi connectivity index (χ2v) is 11.5. The van der Waals surface area contributed by atoms with Crippen LogP contribution < -0.4 is 10.1 Å². The van der Waals surface area contributed by atoms with E-state index < -0.39 is 10.0 Å². The molecule has 1 aromatic heterocycles. The van der Waals surface area contributed by atoms with Gasteiger partial charge in [0.25, 0.3) is 0 Å². The molecule has 0 unspecified atom stereocenters. The van der Waals surface area contributed by atoms with Gasteiger partial charge < -0.3 is 19.7 Å². The molecule has 0 aliphatic carbocycles. The van der Waals surface area contributed by atoms with Crippen molar-refractivity contribution in [3.05, 3.63) is 48.7 Å². The van der Waals surface area contributed by atoms with E-state index in [1.807, 2.05) is 18.2 Å². The first kappa shape index (κ1) is 24.9. The van der Waals surface area contributed by atoms with E-state index in [0.717, 1.165) is 42.6 Å². The zero-order valence-electron chi connectivity index (χ0n) is 20.8. The van der Waals surface area contributed by atoms with Crippen molar-refractivity contribution in [2.75, 3.05) is 44.7 Å². The fourth-order valence-corrected chi connectivity index (χ4v) is 6.02. The van der Waals surface area contributed by atoms with Crippen molar-refractivity contribution < 1.29 is 17.9 Å². The van der Waals surface area contributed by atoms with Crippen molar-refractivity contribution in [2.45, 2.75) is 43.7 Å². The maximum atomic E-state index is 12.8. The fraction of sp³-hybridized carbons (Fsp3) is 0.462. The lowest BCUT2D eigenvalue weighted by molar-refractivity contribution is 0.0730. The summed E-state index contributed by atoms with van der Waals surface area (Å²) in [5.41, 5.74) is 1.50. The van der Waals surface area contributed by atoms with Crippen LogP contribution in [0.25, 0.3) is 10.9 Å². The van der Waals surface area contributed by atoms with Crippen LogP contribution in [-0.4, -0.2) is 79.1 Å². The number of hydrogen-bond donors (Lipinski definition) is 1. The number of benzene rings is 2. The summed E-state index contributed by atoms with van der Waals surface area (Å²) >= 11 is 0. The maximum absolute atomic E-state index is 12.8. The van der Waals surface area contributed by atoms with Crippen LogP contribution in [0.2, 0.25) is 0 Å². The van der Waals surface area contributed by atoms with E-state index in [-0.39, 0.29) is 11.0 Å². The van der Waals surface area contributed by atoms with Crippen LogP contribution in [0.5, 0.6) is 5.75 Å². The second-order valence-electron chi connectivity index (χ2n) is 9.53. The van der Waals surface area contributed by atoms with Gasteiger partial charge in [-0.05, 0) is 63.1 Å². The van der Waals surface area contributed by atoms with Crippen LogP contribution in [-0.2, 0) is 14.8 Å². The van der Waals surface area contributed by atoms with Gasteiger partial charge in [0.05, 0.1) is 23.6 Å². The van der Waals surface area contributed by atoms with Crippen LogP contribution in [0.15, 0.2) is 53.6 Å². The van der Waals surface area contributed by atoms with E-state index >= 15 is 0 Å². The van der Waals surface area contributed by atoms with Gasteiger partial charge in [-0.2, -0.15) is 4.31 Å². The first-order chi connectivity index (χ1) is 17.4. The molecule has 0 atom stereocenters. The number of rotatable bonds is 7. The molecule has 0 radical (unpaired) electrons. The van der Waals surface area contributed by atoms with Crippen LogP contribution in [0.4, 0.5) is 11.6 Å². The van der Waals surface area contributed by atoms with Gasteiger partial charge in [-0.15, -0.1) is 0 Å². The first-order valence-corrected chi connectivity index (χ1v) is 13.9. The molecule has 36 heavy (non-hydrogen) atoms. The summed E-state index contributed by atoms with van der Waals surface area (Å²) in [6.07, 6.45) is 4.02. The van der Waals surface area contributed by atoms with Crippen LogP contribution in [0.1, 0.15) is 26.7 Å². The van der Waals surface area contributed by atoms with Gasteiger partial charge in [-0.25, -0.2) is 18.4 Å². The Balaban J connectivity index is 1.25. The van der Waals surface area contributed by atoms with Crippen LogP contribution >= 0.6 is 0 Å². The highest BCUT2D eigenvalue weighted by atomic mass is 32.2. The number of piperidine rings is 1. The highest BCUT2D eigenvalue weighted by molar-refractivity contribution is 7.89. The Labute approximate surface area is 212 Å². The molecule has 2 saturated heterocycles. The van der Waals surface area contributed by atoms with Gasteiger partial charge in [0.1, 0.15) is 11.9 Å². The van der Waals surface area contributed by atoms with Crippen molar-refractivity contribution in [2.24, 2.45) is 0 Å². The third-order valence-electron chi connectivity index (χ3n) is 6.78. The van der Waals surface area contributed by atoms with Crippen molar-refractivity contribution in [3.63, 3.8) is 0 Å². The largest absolute Gasteiger partial charge is 0.490 e. The van der Waals surface area contributed by atoms with E-state index in [1.54, 1.807) is 30.5 Å². The normalized spacial score (nSPS) is 18.5. The number of hydrogen-bond acceptors (Lipinski definition) is 8. The van der Waals surface area contributed by atoms with Crippen molar-refractivity contribution in [1.82, 2.24) is 19.2 Å². The second kappa shape index (κ2) is 10.7. The Kier molecular flexibility index (Phi) is 7.38. The number of aromatic nitrogens is 2. The maximum Gasteiger partial charge on any atom is 0.243 e. The molecule has 2 aliphatic rings. The molecule has 192 valence electrons. The van der Waals surface area contributed by atoms with Gasteiger partial charge in [-0.1, -0.05) is 0 Å². The van der Waals surface area contributed by atoms with E-state index in [0.29, 0.717) is 44.0 Å².